The molecule has 1 aliphatic heterocycles. The number of rotatable bonds is 7. The van der Waals surface area contributed by atoms with E-state index in [1.807, 2.05) is 0 Å². The van der Waals surface area contributed by atoms with Crippen molar-refractivity contribution in [2.75, 3.05) is 20.6 Å². The summed E-state index contributed by atoms with van der Waals surface area (Å²) in [4.78, 5) is 2.30. The molecule has 1 unspecified atom stereocenters. The first kappa shape index (κ1) is 24.2. The van der Waals surface area contributed by atoms with Gasteiger partial charge in [-0.3, -0.25) is 0 Å². The molecular formula is C26H35GeNO2SiSn. The zero-order valence-electron chi connectivity index (χ0n) is 19.8. The molecule has 0 radical (unpaired) electrons. The Morgan fingerprint density at radius 2 is 1.31 bits per heavy atom. The number of nitrogens with zero attached hydrogens (tertiary/aromatic N) is 1. The van der Waals surface area contributed by atoms with Gasteiger partial charge in [-0.15, -0.1) is 0 Å². The van der Waals surface area contributed by atoms with Crippen LogP contribution in [0, 0.1) is 0 Å². The van der Waals surface area contributed by atoms with E-state index >= 15 is 0 Å². The van der Waals surface area contributed by atoms with Gasteiger partial charge in [-0.05, 0) is 0 Å². The maximum absolute atomic E-state index is 7.73. The Hall–Kier alpha value is -0.902. The van der Waals surface area contributed by atoms with Crippen molar-refractivity contribution in [1.82, 2.24) is 4.90 Å². The Morgan fingerprint density at radius 1 is 0.812 bits per heavy atom. The van der Waals surface area contributed by atoms with Crippen LogP contribution in [-0.4, -0.2) is 66.6 Å². The first-order valence-electron chi connectivity index (χ1n) is 11.6. The SMILES string of the molecule is CN(C)CC[CH2][Sn]1([c]2ccccc2)[CH2][Si](C)(C)[O][Ge]([c]2ccccc2)([c]2ccccc2)[O]1. The molecule has 32 heavy (non-hydrogen) atoms. The molecule has 4 rings (SSSR count). The maximum atomic E-state index is 7.73. The van der Waals surface area contributed by atoms with Crippen LogP contribution >= 0.6 is 0 Å². The first-order chi connectivity index (χ1) is 15.4. The van der Waals surface area contributed by atoms with Gasteiger partial charge < -0.3 is 0 Å². The van der Waals surface area contributed by atoms with E-state index in [0.29, 0.717) is 0 Å². The van der Waals surface area contributed by atoms with Crippen molar-refractivity contribution in [2.24, 2.45) is 0 Å². The Bertz CT molecular complexity index is 965. The second-order valence-electron chi connectivity index (χ2n) is 9.76. The van der Waals surface area contributed by atoms with Crippen molar-refractivity contribution in [3.05, 3.63) is 91.0 Å². The van der Waals surface area contributed by atoms with Gasteiger partial charge in [0.05, 0.1) is 0 Å². The molecule has 3 aromatic rings. The molecule has 0 spiro atoms. The first-order valence-corrected chi connectivity index (χ1v) is 25.1. The molecule has 1 aliphatic rings. The summed E-state index contributed by atoms with van der Waals surface area (Å²) in [5.41, 5.74) is 0. The molecule has 3 nitrogen and oxygen atoms in total. The molecule has 168 valence electrons. The number of benzene rings is 3. The van der Waals surface area contributed by atoms with E-state index in [1.54, 1.807) is 0 Å². The Labute approximate surface area is 202 Å². The van der Waals surface area contributed by atoms with Crippen LogP contribution in [0.15, 0.2) is 91.0 Å². The molecule has 0 aliphatic carbocycles. The van der Waals surface area contributed by atoms with Gasteiger partial charge in [0, 0.05) is 0 Å². The summed E-state index contributed by atoms with van der Waals surface area (Å²) in [6.07, 6.45) is 1.18. The van der Waals surface area contributed by atoms with E-state index < -0.39 is 41.0 Å². The van der Waals surface area contributed by atoms with Crippen LogP contribution in [0.5, 0.6) is 0 Å². The average Bonchev–Trinajstić information content (AvgIpc) is 2.79. The number of hydrogen-bond acceptors (Lipinski definition) is 3. The fraction of sp³-hybridized carbons (Fsp3) is 0.308. The predicted octanol–water partition coefficient (Wildman–Crippen LogP) is 3.84. The van der Waals surface area contributed by atoms with Gasteiger partial charge >= 0.3 is 204 Å². The summed E-state index contributed by atoms with van der Waals surface area (Å²) in [6, 6.07) is 33.0. The van der Waals surface area contributed by atoms with E-state index in [1.165, 1.54) is 27.3 Å². The van der Waals surface area contributed by atoms with Gasteiger partial charge in [0.15, 0.2) is 0 Å². The summed E-state index contributed by atoms with van der Waals surface area (Å²) < 4.78 is 21.5. The normalized spacial score (nSPS) is 22.0. The van der Waals surface area contributed by atoms with Gasteiger partial charge in [0.2, 0.25) is 0 Å². The van der Waals surface area contributed by atoms with Crippen LogP contribution in [0.1, 0.15) is 6.42 Å². The van der Waals surface area contributed by atoms with Crippen LogP contribution < -0.4 is 12.4 Å². The molecule has 3 aromatic carbocycles. The van der Waals surface area contributed by atoms with Crippen LogP contribution in [-0.2, 0) is 5.55 Å². The Balaban J connectivity index is 1.89. The average molecular weight is 613 g/mol. The zero-order chi connectivity index (χ0) is 22.7. The molecule has 0 saturated carbocycles. The van der Waals surface area contributed by atoms with E-state index in [0.717, 1.165) is 6.54 Å². The van der Waals surface area contributed by atoms with Crippen molar-refractivity contribution in [2.45, 2.75) is 28.0 Å². The predicted molar refractivity (Wildman–Crippen MR) is 142 cm³/mol. The van der Waals surface area contributed by atoms with Crippen molar-refractivity contribution in [1.29, 1.82) is 0 Å². The minimum absolute atomic E-state index is 1.11. The van der Waals surface area contributed by atoms with Gasteiger partial charge in [-0.1, -0.05) is 0 Å². The van der Waals surface area contributed by atoms with Crippen LogP contribution in [0.2, 0.25) is 21.6 Å². The Kier molecular flexibility index (Phi) is 7.69. The topological polar surface area (TPSA) is 21.7 Å². The summed E-state index contributed by atoms with van der Waals surface area (Å²) >= 11 is -6.79. The second kappa shape index (κ2) is 10.2. The molecule has 1 heterocycles. The van der Waals surface area contributed by atoms with Crippen molar-refractivity contribution >= 4 is 53.4 Å². The Morgan fingerprint density at radius 3 is 1.81 bits per heavy atom. The quantitative estimate of drug-likeness (QED) is 0.379. The fourth-order valence-corrected chi connectivity index (χ4v) is 64.4. The molecule has 0 N–H and O–H groups in total. The van der Waals surface area contributed by atoms with Crippen LogP contribution in [0.25, 0.3) is 0 Å². The molecular weight excluding hydrogens is 578 g/mol. The van der Waals surface area contributed by atoms with E-state index in [4.69, 9.17) is 5.55 Å². The van der Waals surface area contributed by atoms with E-state index in [9.17, 15) is 0 Å². The molecule has 0 amide bonds. The van der Waals surface area contributed by atoms with Crippen molar-refractivity contribution < 1.29 is 5.55 Å². The summed E-state index contributed by atoms with van der Waals surface area (Å²) in [5, 5.41) is 0. The third kappa shape index (κ3) is 5.26. The van der Waals surface area contributed by atoms with Crippen LogP contribution in [0.4, 0.5) is 0 Å². The monoisotopic (exact) mass is 615 g/mol. The second-order valence-corrected chi connectivity index (χ2v) is 35.4. The molecule has 1 fully saturated rings. The summed E-state index contributed by atoms with van der Waals surface area (Å²) in [6.45, 7) is 5.97. The van der Waals surface area contributed by atoms with Crippen molar-refractivity contribution in [3.8, 4) is 0 Å². The summed E-state index contributed by atoms with van der Waals surface area (Å²) in [5.74, 6) is 0. The molecule has 0 aromatic heterocycles. The van der Waals surface area contributed by atoms with Crippen molar-refractivity contribution in [3.63, 3.8) is 0 Å². The minimum atomic E-state index is -3.52. The zero-order valence-corrected chi connectivity index (χ0v) is 25.7. The molecule has 1 atom stereocenters. The number of hydrogen-bond donors (Lipinski definition) is 0. The van der Waals surface area contributed by atoms with Gasteiger partial charge in [0.25, 0.3) is 0 Å². The molecule has 1 saturated heterocycles. The summed E-state index contributed by atoms with van der Waals surface area (Å²) in [7, 11) is 2.39. The van der Waals surface area contributed by atoms with Crippen LogP contribution in [0.3, 0.4) is 0 Å². The molecule has 0 bridgehead atoms. The standard InChI is InChI=1S/C15H18GeO2Si.C6H5.C5H12N.Sn/c1-19(2,3)18-16(17,14-10-6-4-7-11-14)15-12-8-5-9-13-15;1-2-4-6-5-3-1;1-4-5-6(2)3;/h4-13H,1H2,2-3H3;1-5H;1,4-5H2,2-3H3;/q-1;;;+1. The molecule has 6 heteroatoms. The van der Waals surface area contributed by atoms with Gasteiger partial charge in [-0.25, -0.2) is 0 Å². The fourth-order valence-electron chi connectivity index (χ4n) is 5.03. The third-order valence-corrected chi connectivity index (χ3v) is 49.3. The van der Waals surface area contributed by atoms with Gasteiger partial charge in [0.1, 0.15) is 0 Å². The third-order valence-electron chi connectivity index (χ3n) is 6.26. The van der Waals surface area contributed by atoms with Gasteiger partial charge in [-0.2, -0.15) is 0 Å². The van der Waals surface area contributed by atoms with E-state index in [-0.39, 0.29) is 0 Å². The van der Waals surface area contributed by atoms with E-state index in [2.05, 4.69) is 123 Å².